The minimum Gasteiger partial charge on any atom is -0.494 e. The van der Waals surface area contributed by atoms with Gasteiger partial charge >= 0.3 is 0 Å². The van der Waals surface area contributed by atoms with Gasteiger partial charge in [0.1, 0.15) is 11.5 Å². The number of rotatable bonds is 7. The second kappa shape index (κ2) is 8.05. The lowest BCUT2D eigenvalue weighted by Gasteiger charge is -2.08. The Labute approximate surface area is 134 Å². The summed E-state index contributed by atoms with van der Waals surface area (Å²) in [6.45, 7) is 3.26. The van der Waals surface area contributed by atoms with Gasteiger partial charge in [0.2, 0.25) is 0 Å². The van der Waals surface area contributed by atoms with Crippen molar-refractivity contribution in [2.75, 3.05) is 24.7 Å². The molecule has 0 bridgehead atoms. The molecular formula is C16H18ClNO2S. The second-order valence-corrected chi connectivity index (χ2v) is 5.86. The van der Waals surface area contributed by atoms with Crippen LogP contribution in [0.25, 0.3) is 0 Å². The second-order valence-electron chi connectivity index (χ2n) is 4.28. The van der Waals surface area contributed by atoms with Crippen LogP contribution >= 0.6 is 23.4 Å². The molecule has 0 aromatic heterocycles. The summed E-state index contributed by atoms with van der Waals surface area (Å²) in [6, 6.07) is 13.3. The number of thioether (sulfide) groups is 1. The minimum atomic E-state index is 0.590. The molecule has 0 saturated carbocycles. The lowest BCUT2D eigenvalue weighted by atomic mass is 10.3. The highest BCUT2D eigenvalue weighted by atomic mass is 35.5. The number of anilines is 1. The van der Waals surface area contributed by atoms with Gasteiger partial charge in [0.05, 0.1) is 23.9 Å². The third kappa shape index (κ3) is 5.06. The number of halogens is 1. The van der Waals surface area contributed by atoms with Gasteiger partial charge in [-0.3, -0.25) is 0 Å². The molecular weight excluding hydrogens is 306 g/mol. The van der Waals surface area contributed by atoms with Gasteiger partial charge in [0.25, 0.3) is 0 Å². The molecule has 0 saturated heterocycles. The molecule has 0 heterocycles. The Morgan fingerprint density at radius 1 is 1.05 bits per heavy atom. The van der Waals surface area contributed by atoms with Crippen molar-refractivity contribution in [3.05, 3.63) is 47.5 Å². The van der Waals surface area contributed by atoms with Crippen LogP contribution in [0.5, 0.6) is 11.5 Å². The van der Waals surface area contributed by atoms with Crippen molar-refractivity contribution >= 4 is 29.1 Å². The molecule has 2 aromatic carbocycles. The van der Waals surface area contributed by atoms with E-state index in [0.29, 0.717) is 23.9 Å². The zero-order valence-electron chi connectivity index (χ0n) is 11.8. The van der Waals surface area contributed by atoms with E-state index in [-0.39, 0.29) is 0 Å². The molecule has 21 heavy (non-hydrogen) atoms. The first-order chi connectivity index (χ1) is 10.2. The lowest BCUT2D eigenvalue weighted by Crippen LogP contribution is -2.00. The van der Waals surface area contributed by atoms with Gasteiger partial charge in [0.15, 0.2) is 0 Å². The summed E-state index contributed by atoms with van der Waals surface area (Å²) in [6.07, 6.45) is 0. The summed E-state index contributed by atoms with van der Waals surface area (Å²) in [5.74, 6) is 2.54. The predicted molar refractivity (Wildman–Crippen MR) is 89.7 cm³/mol. The van der Waals surface area contributed by atoms with Crippen LogP contribution in [0.3, 0.4) is 0 Å². The van der Waals surface area contributed by atoms with Crippen molar-refractivity contribution in [2.24, 2.45) is 0 Å². The molecule has 2 aromatic rings. The van der Waals surface area contributed by atoms with Crippen molar-refractivity contribution in [1.29, 1.82) is 0 Å². The summed E-state index contributed by atoms with van der Waals surface area (Å²) in [7, 11) is 0. The molecule has 0 amide bonds. The largest absolute Gasteiger partial charge is 0.494 e. The fraction of sp³-hybridized carbons (Fsp3) is 0.250. The van der Waals surface area contributed by atoms with E-state index in [2.05, 4.69) is 0 Å². The van der Waals surface area contributed by atoms with Crippen LogP contribution in [0.15, 0.2) is 47.4 Å². The molecule has 0 aliphatic rings. The molecule has 3 nitrogen and oxygen atoms in total. The molecule has 2 N–H and O–H groups in total. The van der Waals surface area contributed by atoms with Crippen molar-refractivity contribution in [3.63, 3.8) is 0 Å². The van der Waals surface area contributed by atoms with Crippen LogP contribution in [0.1, 0.15) is 6.92 Å². The fourth-order valence-corrected chi connectivity index (χ4v) is 2.73. The Kier molecular flexibility index (Phi) is 6.08. The smallest absolute Gasteiger partial charge is 0.119 e. The molecule has 112 valence electrons. The number of nitrogens with two attached hydrogens (primary N) is 1. The third-order valence-electron chi connectivity index (χ3n) is 2.73. The molecule has 0 unspecified atom stereocenters. The van der Waals surface area contributed by atoms with Crippen LogP contribution in [0.2, 0.25) is 5.02 Å². The highest BCUT2D eigenvalue weighted by Gasteiger charge is 2.00. The number of hydrogen-bond donors (Lipinski definition) is 1. The van der Waals surface area contributed by atoms with E-state index in [9.17, 15) is 0 Å². The summed E-state index contributed by atoms with van der Waals surface area (Å²) in [4.78, 5) is 1.09. The number of nitrogen functional groups attached to an aromatic ring is 1. The van der Waals surface area contributed by atoms with Crippen LogP contribution in [-0.4, -0.2) is 19.0 Å². The van der Waals surface area contributed by atoms with Gasteiger partial charge in [0, 0.05) is 10.6 Å². The quantitative estimate of drug-likeness (QED) is 0.463. The van der Waals surface area contributed by atoms with Crippen molar-refractivity contribution in [2.45, 2.75) is 11.8 Å². The topological polar surface area (TPSA) is 44.5 Å². The standard InChI is InChI=1S/C16H18ClNO2S/c1-2-19-12-3-5-13(6-4-12)20-9-10-21-14-7-8-16(18)15(17)11-14/h3-8,11H,2,9-10,18H2,1H3. The monoisotopic (exact) mass is 323 g/mol. The van der Waals surface area contributed by atoms with Crippen LogP contribution in [0.4, 0.5) is 5.69 Å². The molecule has 5 heteroatoms. The Morgan fingerprint density at radius 3 is 2.33 bits per heavy atom. The van der Waals surface area contributed by atoms with E-state index in [1.165, 1.54) is 0 Å². The average molecular weight is 324 g/mol. The molecule has 0 atom stereocenters. The Bertz CT molecular complexity index is 575. The average Bonchev–Trinajstić information content (AvgIpc) is 2.49. The SMILES string of the molecule is CCOc1ccc(OCCSc2ccc(N)c(Cl)c2)cc1. The summed E-state index contributed by atoms with van der Waals surface area (Å²) in [5.41, 5.74) is 6.28. The van der Waals surface area contributed by atoms with E-state index < -0.39 is 0 Å². The van der Waals surface area contributed by atoms with E-state index in [1.54, 1.807) is 11.8 Å². The Hall–Kier alpha value is -1.52. The molecule has 0 aliphatic heterocycles. The maximum absolute atomic E-state index is 5.98. The molecule has 0 radical (unpaired) electrons. The predicted octanol–water partition coefficient (Wildman–Crippen LogP) is 4.49. The number of benzene rings is 2. The van der Waals surface area contributed by atoms with Gasteiger partial charge in [-0.1, -0.05) is 11.6 Å². The zero-order chi connectivity index (χ0) is 15.1. The summed E-state index contributed by atoms with van der Waals surface area (Å²) in [5, 5.41) is 0.590. The van der Waals surface area contributed by atoms with Gasteiger partial charge < -0.3 is 15.2 Å². The maximum atomic E-state index is 5.98. The van der Waals surface area contributed by atoms with Crippen molar-refractivity contribution in [3.8, 4) is 11.5 Å². The number of ether oxygens (including phenoxy) is 2. The Morgan fingerprint density at radius 2 is 1.71 bits per heavy atom. The van der Waals surface area contributed by atoms with E-state index >= 15 is 0 Å². The van der Waals surface area contributed by atoms with E-state index in [0.717, 1.165) is 22.1 Å². The van der Waals surface area contributed by atoms with E-state index in [4.69, 9.17) is 26.8 Å². The summed E-state index contributed by atoms with van der Waals surface area (Å²) < 4.78 is 11.1. The maximum Gasteiger partial charge on any atom is 0.119 e. The Balaban J connectivity index is 1.75. The lowest BCUT2D eigenvalue weighted by molar-refractivity contribution is 0.332. The van der Waals surface area contributed by atoms with Gasteiger partial charge in [-0.25, -0.2) is 0 Å². The van der Waals surface area contributed by atoms with Crippen molar-refractivity contribution in [1.82, 2.24) is 0 Å². The first-order valence-electron chi connectivity index (χ1n) is 6.72. The number of hydrogen-bond acceptors (Lipinski definition) is 4. The fourth-order valence-electron chi connectivity index (χ4n) is 1.72. The van der Waals surface area contributed by atoms with Crippen LogP contribution < -0.4 is 15.2 Å². The normalized spacial score (nSPS) is 10.4. The molecule has 2 rings (SSSR count). The molecule has 0 spiro atoms. The third-order valence-corrected chi connectivity index (χ3v) is 4.01. The summed E-state index contributed by atoms with van der Waals surface area (Å²) >= 11 is 7.67. The van der Waals surface area contributed by atoms with Crippen LogP contribution in [0, 0.1) is 0 Å². The highest BCUT2D eigenvalue weighted by molar-refractivity contribution is 7.99. The zero-order valence-corrected chi connectivity index (χ0v) is 13.4. The van der Waals surface area contributed by atoms with Gasteiger partial charge in [-0.2, -0.15) is 0 Å². The van der Waals surface area contributed by atoms with E-state index in [1.807, 2.05) is 49.4 Å². The highest BCUT2D eigenvalue weighted by Crippen LogP contribution is 2.26. The van der Waals surface area contributed by atoms with Crippen LogP contribution in [-0.2, 0) is 0 Å². The minimum absolute atomic E-state index is 0.590. The first-order valence-corrected chi connectivity index (χ1v) is 8.09. The van der Waals surface area contributed by atoms with Gasteiger partial charge in [-0.05, 0) is 49.4 Å². The van der Waals surface area contributed by atoms with Crippen molar-refractivity contribution < 1.29 is 9.47 Å². The first kappa shape index (κ1) is 15.9. The van der Waals surface area contributed by atoms with Gasteiger partial charge in [-0.15, -0.1) is 11.8 Å². The molecule has 0 fully saturated rings. The molecule has 0 aliphatic carbocycles.